The van der Waals surface area contributed by atoms with E-state index < -0.39 is 17.9 Å². The monoisotopic (exact) mass is 386 g/mol. The molecule has 3 N–H and O–H groups in total. The third-order valence-electron chi connectivity index (χ3n) is 4.59. The Bertz CT molecular complexity index is 867. The quantitative estimate of drug-likeness (QED) is 0.710. The Labute approximate surface area is 161 Å². The molecule has 0 spiro atoms. The second kappa shape index (κ2) is 8.22. The predicted octanol–water partition coefficient (Wildman–Crippen LogP) is 3.17. The minimum absolute atomic E-state index is 0.0671. The summed E-state index contributed by atoms with van der Waals surface area (Å²) in [6, 6.07) is 12.7. The van der Waals surface area contributed by atoms with Crippen LogP contribution in [0.2, 0.25) is 5.02 Å². The van der Waals surface area contributed by atoms with E-state index in [1.165, 1.54) is 0 Å². The van der Waals surface area contributed by atoms with Gasteiger partial charge in [-0.2, -0.15) is 0 Å². The zero-order valence-electron chi connectivity index (χ0n) is 14.4. The van der Waals surface area contributed by atoms with Crippen LogP contribution in [-0.2, 0) is 20.8 Å². The molecule has 6 nitrogen and oxygen atoms in total. The first-order valence-electron chi connectivity index (χ1n) is 8.60. The number of hydrogen-bond donors (Lipinski definition) is 3. The SMILES string of the molecule is O=C(CCC1Cc2ccccc2NC1=O)NC(C(=O)O)c1ccc(Cl)cc1. The first-order chi connectivity index (χ1) is 12.9. The number of anilines is 1. The Morgan fingerprint density at radius 2 is 1.89 bits per heavy atom. The molecule has 2 unspecified atom stereocenters. The molecule has 2 amide bonds. The van der Waals surface area contributed by atoms with Gasteiger partial charge in [0.1, 0.15) is 0 Å². The number of aliphatic carboxylic acids is 1. The standard InChI is InChI=1S/C20H19ClN2O4/c21-15-8-5-12(6-9-15)18(20(26)27)23-17(24)10-7-14-11-13-3-1-2-4-16(13)22-19(14)25/h1-6,8-9,14,18H,7,10-11H2,(H,22,25)(H,23,24)(H,26,27). The zero-order chi connectivity index (χ0) is 19.4. The maximum atomic E-state index is 12.3. The Kier molecular flexibility index (Phi) is 5.76. The van der Waals surface area contributed by atoms with Crippen LogP contribution in [0.3, 0.4) is 0 Å². The number of fused-ring (bicyclic) bond motifs is 1. The molecule has 0 radical (unpaired) electrons. The molecule has 1 aliphatic heterocycles. The fourth-order valence-electron chi connectivity index (χ4n) is 3.13. The molecule has 0 saturated heterocycles. The second-order valence-electron chi connectivity index (χ2n) is 6.48. The van der Waals surface area contributed by atoms with Gasteiger partial charge in [0.05, 0.1) is 0 Å². The number of carbonyl (C=O) groups is 3. The first-order valence-corrected chi connectivity index (χ1v) is 8.98. The lowest BCUT2D eigenvalue weighted by molar-refractivity contribution is -0.142. The Morgan fingerprint density at radius 1 is 1.19 bits per heavy atom. The predicted molar refractivity (Wildman–Crippen MR) is 101 cm³/mol. The maximum absolute atomic E-state index is 12.3. The van der Waals surface area contributed by atoms with Gasteiger partial charge in [-0.15, -0.1) is 0 Å². The van der Waals surface area contributed by atoms with E-state index in [1.807, 2.05) is 24.3 Å². The minimum atomic E-state index is -1.16. The lowest BCUT2D eigenvalue weighted by Crippen LogP contribution is -2.35. The summed E-state index contributed by atoms with van der Waals surface area (Å²) in [5.41, 5.74) is 2.27. The average molecular weight is 387 g/mol. The fraction of sp³-hybridized carbons (Fsp3) is 0.250. The normalized spacial score (nSPS) is 16.8. The molecule has 1 aliphatic rings. The number of rotatable bonds is 6. The zero-order valence-corrected chi connectivity index (χ0v) is 15.2. The maximum Gasteiger partial charge on any atom is 0.330 e. The van der Waals surface area contributed by atoms with Crippen molar-refractivity contribution in [1.82, 2.24) is 5.32 Å². The number of carboxylic acid groups (broad SMARTS) is 1. The summed E-state index contributed by atoms with van der Waals surface area (Å²) in [6.45, 7) is 0. The number of amides is 2. The van der Waals surface area contributed by atoms with Crippen molar-refractivity contribution in [3.8, 4) is 0 Å². The molecule has 0 fully saturated rings. The highest BCUT2D eigenvalue weighted by Gasteiger charge is 2.27. The van der Waals surface area contributed by atoms with E-state index in [0.717, 1.165) is 11.3 Å². The van der Waals surface area contributed by atoms with Gasteiger partial charge >= 0.3 is 5.97 Å². The number of halogens is 1. The first kappa shape index (κ1) is 18.9. The molecule has 140 valence electrons. The summed E-state index contributed by atoms with van der Waals surface area (Å²) in [6.07, 6.45) is 0.978. The molecule has 0 aromatic heterocycles. The number of carboxylic acids is 1. The van der Waals surface area contributed by atoms with Gasteiger partial charge < -0.3 is 15.7 Å². The summed E-state index contributed by atoms with van der Waals surface area (Å²) in [7, 11) is 0. The minimum Gasteiger partial charge on any atom is -0.479 e. The summed E-state index contributed by atoms with van der Waals surface area (Å²) < 4.78 is 0. The van der Waals surface area contributed by atoms with Crippen LogP contribution in [0.1, 0.15) is 30.0 Å². The average Bonchev–Trinajstić information content (AvgIpc) is 2.65. The third kappa shape index (κ3) is 4.65. The molecule has 3 rings (SSSR count). The number of nitrogens with one attached hydrogen (secondary N) is 2. The van der Waals surface area contributed by atoms with Gasteiger partial charge in [-0.25, -0.2) is 4.79 Å². The van der Waals surface area contributed by atoms with Gasteiger partial charge in [-0.05, 0) is 42.2 Å². The molecule has 7 heteroatoms. The molecular weight excluding hydrogens is 368 g/mol. The van der Waals surface area contributed by atoms with Crippen molar-refractivity contribution in [3.05, 3.63) is 64.7 Å². The Morgan fingerprint density at radius 3 is 2.59 bits per heavy atom. The van der Waals surface area contributed by atoms with Gasteiger partial charge in [0.15, 0.2) is 6.04 Å². The molecule has 0 aliphatic carbocycles. The van der Waals surface area contributed by atoms with Crippen LogP contribution >= 0.6 is 11.6 Å². The van der Waals surface area contributed by atoms with E-state index in [-0.39, 0.29) is 18.2 Å². The van der Waals surface area contributed by atoms with Gasteiger partial charge in [-0.1, -0.05) is 41.9 Å². The van der Waals surface area contributed by atoms with Gasteiger partial charge in [-0.3, -0.25) is 9.59 Å². The summed E-state index contributed by atoms with van der Waals surface area (Å²) in [5, 5.41) is 15.2. The lowest BCUT2D eigenvalue weighted by Gasteiger charge is -2.24. The number of hydrogen-bond acceptors (Lipinski definition) is 3. The highest BCUT2D eigenvalue weighted by atomic mass is 35.5. The topological polar surface area (TPSA) is 95.5 Å². The van der Waals surface area contributed by atoms with E-state index in [9.17, 15) is 19.5 Å². The van der Waals surface area contributed by atoms with Crippen LogP contribution in [0.25, 0.3) is 0 Å². The smallest absolute Gasteiger partial charge is 0.330 e. The van der Waals surface area contributed by atoms with E-state index in [1.54, 1.807) is 24.3 Å². The number of para-hydroxylation sites is 1. The number of carbonyl (C=O) groups excluding carboxylic acids is 2. The van der Waals surface area contributed by atoms with Gasteiger partial charge in [0.2, 0.25) is 11.8 Å². The van der Waals surface area contributed by atoms with Crippen molar-refractivity contribution in [2.24, 2.45) is 5.92 Å². The molecule has 2 aromatic carbocycles. The van der Waals surface area contributed by atoms with Crippen molar-refractivity contribution < 1.29 is 19.5 Å². The largest absolute Gasteiger partial charge is 0.479 e. The van der Waals surface area contributed by atoms with Crippen LogP contribution in [0.15, 0.2) is 48.5 Å². The molecule has 27 heavy (non-hydrogen) atoms. The Hall–Kier alpha value is -2.86. The van der Waals surface area contributed by atoms with Crippen molar-refractivity contribution >= 4 is 35.1 Å². The lowest BCUT2D eigenvalue weighted by atomic mass is 9.89. The van der Waals surface area contributed by atoms with Crippen LogP contribution in [0, 0.1) is 5.92 Å². The molecule has 1 heterocycles. The summed E-state index contributed by atoms with van der Waals surface area (Å²) >= 11 is 5.81. The number of benzene rings is 2. The van der Waals surface area contributed by atoms with Crippen LogP contribution in [-0.4, -0.2) is 22.9 Å². The van der Waals surface area contributed by atoms with Gasteiger partial charge in [0.25, 0.3) is 0 Å². The van der Waals surface area contributed by atoms with Crippen molar-refractivity contribution in [3.63, 3.8) is 0 Å². The molecule has 2 aromatic rings. The molecule has 0 bridgehead atoms. The van der Waals surface area contributed by atoms with E-state index in [4.69, 9.17) is 11.6 Å². The second-order valence-corrected chi connectivity index (χ2v) is 6.91. The van der Waals surface area contributed by atoms with Crippen LogP contribution in [0.4, 0.5) is 5.69 Å². The molecule has 2 atom stereocenters. The van der Waals surface area contributed by atoms with E-state index in [0.29, 0.717) is 23.4 Å². The molecular formula is C20H19ClN2O4. The van der Waals surface area contributed by atoms with Crippen molar-refractivity contribution in [1.29, 1.82) is 0 Å². The Balaban J connectivity index is 1.59. The highest BCUT2D eigenvalue weighted by Crippen LogP contribution is 2.27. The molecule has 0 saturated carbocycles. The van der Waals surface area contributed by atoms with Crippen LogP contribution in [0.5, 0.6) is 0 Å². The van der Waals surface area contributed by atoms with Crippen molar-refractivity contribution in [2.75, 3.05) is 5.32 Å². The third-order valence-corrected chi connectivity index (χ3v) is 4.84. The van der Waals surface area contributed by atoms with Gasteiger partial charge in [0, 0.05) is 23.0 Å². The van der Waals surface area contributed by atoms with Crippen LogP contribution < -0.4 is 10.6 Å². The summed E-state index contributed by atoms with van der Waals surface area (Å²) in [4.78, 5) is 36.0. The summed E-state index contributed by atoms with van der Waals surface area (Å²) in [5.74, 6) is -2.00. The highest BCUT2D eigenvalue weighted by molar-refractivity contribution is 6.30. The van der Waals surface area contributed by atoms with E-state index in [2.05, 4.69) is 10.6 Å². The fourth-order valence-corrected chi connectivity index (χ4v) is 3.25. The van der Waals surface area contributed by atoms with Crippen molar-refractivity contribution in [2.45, 2.75) is 25.3 Å². The van der Waals surface area contributed by atoms with E-state index >= 15 is 0 Å².